The molecule has 0 atom stereocenters. The molecule has 0 saturated heterocycles. The molecule has 0 aliphatic heterocycles. The molecule has 6 heteroatoms. The van der Waals surface area contributed by atoms with Crippen LogP contribution in [0.3, 0.4) is 0 Å². The summed E-state index contributed by atoms with van der Waals surface area (Å²) in [6.07, 6.45) is 5.37. The third-order valence-corrected chi connectivity index (χ3v) is 5.06. The molecule has 0 bridgehead atoms. The third kappa shape index (κ3) is 3.55. The van der Waals surface area contributed by atoms with E-state index in [9.17, 15) is 4.79 Å². The molecule has 132 valence electrons. The quantitative estimate of drug-likeness (QED) is 0.634. The Labute approximate surface area is 160 Å². The van der Waals surface area contributed by atoms with Crippen molar-refractivity contribution in [2.45, 2.75) is 32.4 Å². The third-order valence-electron chi connectivity index (χ3n) is 4.57. The van der Waals surface area contributed by atoms with Crippen LogP contribution in [-0.4, -0.2) is 31.6 Å². The Morgan fingerprint density at radius 1 is 1.19 bits per heavy atom. The maximum atomic E-state index is 13.4. The van der Waals surface area contributed by atoms with Crippen molar-refractivity contribution in [2.24, 2.45) is 0 Å². The van der Waals surface area contributed by atoms with Crippen molar-refractivity contribution in [1.82, 2.24) is 19.7 Å². The van der Waals surface area contributed by atoms with E-state index in [1.807, 2.05) is 42.2 Å². The first-order valence-electron chi connectivity index (χ1n) is 8.63. The van der Waals surface area contributed by atoms with Gasteiger partial charge in [-0.3, -0.25) is 9.36 Å². The van der Waals surface area contributed by atoms with Crippen LogP contribution in [-0.2, 0) is 6.54 Å². The summed E-state index contributed by atoms with van der Waals surface area (Å²) in [6.45, 7) is 2.61. The van der Waals surface area contributed by atoms with Crippen molar-refractivity contribution in [2.75, 3.05) is 0 Å². The molecule has 1 heterocycles. The molecule has 0 N–H and O–H groups in total. The number of nitrogens with zero attached hydrogens (tertiary/aromatic N) is 4. The van der Waals surface area contributed by atoms with Crippen LogP contribution in [0.15, 0.2) is 59.6 Å². The lowest BCUT2D eigenvalue weighted by atomic mass is 10.1. The fraction of sp³-hybridized carbons (Fsp3) is 0.250. The summed E-state index contributed by atoms with van der Waals surface area (Å²) in [5, 5.41) is 7.75. The van der Waals surface area contributed by atoms with Crippen molar-refractivity contribution >= 4 is 21.8 Å². The molecular formula is C20H19BrN4O. The van der Waals surface area contributed by atoms with Gasteiger partial charge in [-0.2, -0.15) is 0 Å². The Kier molecular flexibility index (Phi) is 4.59. The Morgan fingerprint density at radius 2 is 1.96 bits per heavy atom. The average Bonchev–Trinajstić information content (AvgIpc) is 3.33. The smallest absolute Gasteiger partial charge is 0.256 e. The first kappa shape index (κ1) is 17.0. The lowest BCUT2D eigenvalue weighted by molar-refractivity contribution is 0.0730. The maximum Gasteiger partial charge on any atom is 0.256 e. The predicted molar refractivity (Wildman–Crippen MR) is 103 cm³/mol. The molecule has 4 rings (SSSR count). The van der Waals surface area contributed by atoms with Gasteiger partial charge in [-0.25, -0.2) is 0 Å². The number of benzene rings is 2. The Morgan fingerprint density at radius 3 is 2.65 bits per heavy atom. The van der Waals surface area contributed by atoms with Gasteiger partial charge in [0.05, 0.1) is 11.3 Å². The zero-order valence-corrected chi connectivity index (χ0v) is 16.1. The SMILES string of the molecule is Cc1ccc(-n2cnnc2)c(C(=O)N(Cc2cccc(Br)c2)C2CC2)c1. The van der Waals surface area contributed by atoms with Gasteiger partial charge in [-0.15, -0.1) is 10.2 Å². The van der Waals surface area contributed by atoms with Crippen LogP contribution in [0.25, 0.3) is 5.69 Å². The Balaban J connectivity index is 1.70. The van der Waals surface area contributed by atoms with Crippen LogP contribution < -0.4 is 0 Å². The van der Waals surface area contributed by atoms with Crippen LogP contribution in [0.2, 0.25) is 0 Å². The Bertz CT molecular complexity index is 935. The molecule has 1 amide bonds. The number of aromatic nitrogens is 3. The van der Waals surface area contributed by atoms with E-state index in [2.05, 4.69) is 38.3 Å². The van der Waals surface area contributed by atoms with E-state index in [1.54, 1.807) is 17.2 Å². The van der Waals surface area contributed by atoms with Gasteiger partial charge in [0, 0.05) is 17.1 Å². The van der Waals surface area contributed by atoms with E-state index >= 15 is 0 Å². The highest BCUT2D eigenvalue weighted by molar-refractivity contribution is 9.10. The fourth-order valence-corrected chi connectivity index (χ4v) is 3.56. The highest BCUT2D eigenvalue weighted by Crippen LogP contribution is 2.31. The molecule has 0 spiro atoms. The molecule has 1 saturated carbocycles. The monoisotopic (exact) mass is 410 g/mol. The van der Waals surface area contributed by atoms with Crippen molar-refractivity contribution < 1.29 is 4.79 Å². The van der Waals surface area contributed by atoms with E-state index in [-0.39, 0.29) is 5.91 Å². The number of hydrogen-bond donors (Lipinski definition) is 0. The van der Waals surface area contributed by atoms with E-state index < -0.39 is 0 Å². The number of aryl methyl sites for hydroxylation is 1. The molecule has 26 heavy (non-hydrogen) atoms. The molecule has 3 aromatic rings. The van der Waals surface area contributed by atoms with Crippen molar-refractivity contribution in [3.8, 4) is 5.69 Å². The van der Waals surface area contributed by atoms with Crippen LogP contribution in [0.5, 0.6) is 0 Å². The van der Waals surface area contributed by atoms with Gasteiger partial charge >= 0.3 is 0 Å². The predicted octanol–water partition coefficient (Wildman–Crippen LogP) is 4.14. The van der Waals surface area contributed by atoms with E-state index in [0.717, 1.165) is 34.1 Å². The summed E-state index contributed by atoms with van der Waals surface area (Å²) in [7, 11) is 0. The first-order valence-corrected chi connectivity index (χ1v) is 9.42. The van der Waals surface area contributed by atoms with Crippen LogP contribution in [0.1, 0.15) is 34.3 Å². The van der Waals surface area contributed by atoms with Gasteiger partial charge in [-0.05, 0) is 49.6 Å². The number of carbonyl (C=O) groups excluding carboxylic acids is 1. The van der Waals surface area contributed by atoms with E-state index in [1.165, 1.54) is 0 Å². The maximum absolute atomic E-state index is 13.4. The largest absolute Gasteiger partial charge is 0.331 e. The standard InChI is InChI=1S/C20H19BrN4O/c1-14-5-8-19(24-12-22-23-13-24)18(9-14)20(26)25(17-6-7-17)11-15-3-2-4-16(21)10-15/h2-5,8-10,12-13,17H,6-7,11H2,1H3. The second-order valence-corrected chi connectivity index (χ2v) is 7.60. The minimum atomic E-state index is 0.0554. The number of rotatable bonds is 5. The number of hydrogen-bond acceptors (Lipinski definition) is 3. The second-order valence-electron chi connectivity index (χ2n) is 6.68. The zero-order valence-electron chi connectivity index (χ0n) is 14.5. The Hall–Kier alpha value is -2.47. The molecule has 1 aliphatic rings. The minimum Gasteiger partial charge on any atom is -0.331 e. The summed E-state index contributed by atoms with van der Waals surface area (Å²) in [5.74, 6) is 0.0554. The summed E-state index contributed by atoms with van der Waals surface area (Å²) in [5.41, 5.74) is 3.68. The van der Waals surface area contributed by atoms with Crippen molar-refractivity contribution in [3.05, 3.63) is 76.3 Å². The molecule has 0 unspecified atom stereocenters. The lowest BCUT2D eigenvalue weighted by Crippen LogP contribution is -2.33. The molecule has 1 aliphatic carbocycles. The summed E-state index contributed by atoms with van der Waals surface area (Å²) >= 11 is 3.51. The van der Waals surface area contributed by atoms with Crippen molar-refractivity contribution in [1.29, 1.82) is 0 Å². The normalized spacial score (nSPS) is 13.6. The number of halogens is 1. The van der Waals surface area contributed by atoms with E-state index in [4.69, 9.17) is 0 Å². The summed E-state index contributed by atoms with van der Waals surface area (Å²) in [6, 6.07) is 14.4. The van der Waals surface area contributed by atoms with Crippen LogP contribution in [0, 0.1) is 6.92 Å². The average molecular weight is 411 g/mol. The molecule has 1 fully saturated rings. The van der Waals surface area contributed by atoms with Gasteiger partial charge in [0.25, 0.3) is 5.91 Å². The fourth-order valence-electron chi connectivity index (χ4n) is 3.11. The van der Waals surface area contributed by atoms with Gasteiger partial charge in [0.2, 0.25) is 0 Å². The van der Waals surface area contributed by atoms with Crippen LogP contribution in [0.4, 0.5) is 0 Å². The second kappa shape index (κ2) is 7.03. The van der Waals surface area contributed by atoms with Gasteiger partial charge < -0.3 is 4.90 Å². The number of amides is 1. The highest BCUT2D eigenvalue weighted by atomic mass is 79.9. The van der Waals surface area contributed by atoms with E-state index in [0.29, 0.717) is 18.2 Å². The first-order chi connectivity index (χ1) is 12.6. The van der Waals surface area contributed by atoms with Crippen molar-refractivity contribution in [3.63, 3.8) is 0 Å². The topological polar surface area (TPSA) is 51.0 Å². The zero-order chi connectivity index (χ0) is 18.1. The van der Waals surface area contributed by atoms with Crippen LogP contribution >= 0.6 is 15.9 Å². The number of carbonyl (C=O) groups is 1. The molecule has 0 radical (unpaired) electrons. The molecule has 5 nitrogen and oxygen atoms in total. The van der Waals surface area contributed by atoms with Gasteiger partial charge in [0.1, 0.15) is 12.7 Å². The minimum absolute atomic E-state index is 0.0554. The highest BCUT2D eigenvalue weighted by Gasteiger charge is 2.34. The molecular weight excluding hydrogens is 392 g/mol. The lowest BCUT2D eigenvalue weighted by Gasteiger charge is -2.24. The molecule has 2 aromatic carbocycles. The van der Waals surface area contributed by atoms with Gasteiger partial charge in [0.15, 0.2) is 0 Å². The summed E-state index contributed by atoms with van der Waals surface area (Å²) < 4.78 is 2.82. The summed E-state index contributed by atoms with van der Waals surface area (Å²) in [4.78, 5) is 15.4. The van der Waals surface area contributed by atoms with Gasteiger partial charge in [-0.1, -0.05) is 39.7 Å². The molecule has 1 aromatic heterocycles.